The molecular formula is C34H59BN2O10S2. The number of rotatable bonds is 30. The van der Waals surface area contributed by atoms with Crippen LogP contribution in [0.3, 0.4) is 0 Å². The molecule has 2 amide bonds. The summed E-state index contributed by atoms with van der Waals surface area (Å²) in [6.07, 6.45) is 16.2. The lowest BCUT2D eigenvalue weighted by atomic mass is 9.80. The molecule has 1 atom stereocenters. The highest BCUT2D eigenvalue weighted by Crippen LogP contribution is 2.16. The Kier molecular flexibility index (Phi) is 23.1. The lowest BCUT2D eigenvalue weighted by Crippen LogP contribution is -2.33. The van der Waals surface area contributed by atoms with Gasteiger partial charge in [0.25, 0.3) is 0 Å². The number of hydrogen-bond donors (Lipinski definition) is 5. The third-order valence-corrected chi connectivity index (χ3v) is 11.6. The van der Waals surface area contributed by atoms with Crippen molar-refractivity contribution >= 4 is 50.2 Å². The van der Waals surface area contributed by atoms with E-state index in [1.807, 2.05) is 0 Å². The van der Waals surface area contributed by atoms with Gasteiger partial charge < -0.3 is 20.5 Å². The summed E-state index contributed by atoms with van der Waals surface area (Å²) < 4.78 is 51.4. The molecular weight excluding hydrogens is 671 g/mol. The van der Waals surface area contributed by atoms with Crippen LogP contribution in [0.5, 0.6) is 0 Å². The summed E-state index contributed by atoms with van der Waals surface area (Å²) in [5.74, 6) is -2.29. The number of hydrogen-bond acceptors (Lipinski definition) is 9. The number of carbonyl (C=O) groups excluding carboxylic acids is 2. The lowest BCUT2D eigenvalue weighted by Gasteiger charge is -2.08. The van der Waals surface area contributed by atoms with Crippen LogP contribution in [-0.2, 0) is 34.2 Å². The molecule has 1 aromatic rings. The second kappa shape index (κ2) is 25.5. The Bertz CT molecular complexity index is 1320. The van der Waals surface area contributed by atoms with E-state index in [-0.39, 0.29) is 47.0 Å². The van der Waals surface area contributed by atoms with Crippen LogP contribution >= 0.6 is 0 Å². The summed E-state index contributed by atoms with van der Waals surface area (Å²) in [6.45, 7) is 2.05. The van der Waals surface area contributed by atoms with Crippen LogP contribution in [0.4, 0.5) is 0 Å². The molecule has 0 bridgehead atoms. The first-order chi connectivity index (χ1) is 23.2. The summed E-state index contributed by atoms with van der Waals surface area (Å²) in [6, 6.07) is 5.79. The van der Waals surface area contributed by atoms with Crippen LogP contribution in [0, 0.1) is 5.92 Å². The molecule has 0 saturated carbocycles. The standard InChI is InChI=1S/C34H59BN2O10S2/c1-29(34(40)41)20-15-16-25-36-32(38)24-19-27-49(46,47)37-33(39)23-14-12-10-8-6-4-2-3-5-7-9-11-13-17-26-48(44,45)31-22-18-21-30(28-31)35(42)43/h18,21-22,28-29,42-43H,2-17,19-20,23-27H2,1H3,(H,36,38)(H,37,39)(H,40,41)/t29-/m0/s1. The number of carbonyl (C=O) groups is 3. The Morgan fingerprint density at radius 2 is 1.22 bits per heavy atom. The summed E-state index contributed by atoms with van der Waals surface area (Å²) in [5, 5.41) is 30.1. The molecule has 0 fully saturated rings. The topological polar surface area (TPSA) is 204 Å². The van der Waals surface area contributed by atoms with Gasteiger partial charge >= 0.3 is 13.1 Å². The SMILES string of the molecule is C[C@@H](CCCCNC(=O)CCCS(=O)(=O)NC(=O)CCCCCCCCCCCCCCCCS(=O)(=O)c1cccc(B(O)O)c1)C(=O)O. The average Bonchev–Trinajstić information content (AvgIpc) is 3.03. The molecule has 15 heteroatoms. The third kappa shape index (κ3) is 22.8. The second-order valence-electron chi connectivity index (χ2n) is 13.0. The van der Waals surface area contributed by atoms with E-state index in [9.17, 15) is 41.3 Å². The van der Waals surface area contributed by atoms with Gasteiger partial charge in [-0.1, -0.05) is 103 Å². The van der Waals surface area contributed by atoms with Crippen molar-refractivity contribution in [3.63, 3.8) is 0 Å². The second-order valence-corrected chi connectivity index (χ2v) is 16.9. The predicted octanol–water partition coefficient (Wildman–Crippen LogP) is 4.23. The number of unbranched alkanes of at least 4 members (excludes halogenated alkanes) is 14. The number of sulfonamides is 1. The molecule has 1 aromatic carbocycles. The zero-order valence-corrected chi connectivity index (χ0v) is 30.9. The largest absolute Gasteiger partial charge is 0.488 e. The molecule has 0 radical (unpaired) electrons. The van der Waals surface area contributed by atoms with Crippen LogP contribution < -0.4 is 15.5 Å². The number of aliphatic carboxylic acids is 1. The van der Waals surface area contributed by atoms with Gasteiger partial charge in [0.2, 0.25) is 21.8 Å². The zero-order chi connectivity index (χ0) is 36.5. The van der Waals surface area contributed by atoms with Crippen molar-refractivity contribution in [1.82, 2.24) is 10.0 Å². The quantitative estimate of drug-likeness (QED) is 0.0563. The van der Waals surface area contributed by atoms with Crippen molar-refractivity contribution < 1.29 is 46.4 Å². The molecule has 49 heavy (non-hydrogen) atoms. The highest BCUT2D eigenvalue weighted by molar-refractivity contribution is 7.91. The van der Waals surface area contributed by atoms with E-state index < -0.39 is 44.8 Å². The Balaban J connectivity index is 1.95. The minimum atomic E-state index is -3.78. The van der Waals surface area contributed by atoms with Crippen molar-refractivity contribution in [2.45, 2.75) is 140 Å². The van der Waals surface area contributed by atoms with Gasteiger partial charge in [0.15, 0.2) is 9.84 Å². The summed E-state index contributed by atoms with van der Waals surface area (Å²) in [4.78, 5) is 34.9. The summed E-state index contributed by atoms with van der Waals surface area (Å²) in [5.41, 5.74) is 0.167. The van der Waals surface area contributed by atoms with E-state index in [2.05, 4.69) is 10.0 Å². The molecule has 5 N–H and O–H groups in total. The minimum absolute atomic E-state index is 0.0373. The van der Waals surface area contributed by atoms with Crippen molar-refractivity contribution in [3.05, 3.63) is 24.3 Å². The molecule has 0 aromatic heterocycles. The number of carboxylic acids is 1. The molecule has 0 heterocycles. The lowest BCUT2D eigenvalue weighted by molar-refractivity contribution is -0.141. The Labute approximate surface area is 294 Å². The maximum atomic E-state index is 12.5. The molecule has 1 rings (SSSR count). The van der Waals surface area contributed by atoms with Gasteiger partial charge in [-0.15, -0.1) is 0 Å². The Morgan fingerprint density at radius 3 is 1.78 bits per heavy atom. The van der Waals surface area contributed by atoms with Gasteiger partial charge in [-0.3, -0.25) is 19.1 Å². The Morgan fingerprint density at radius 1 is 0.694 bits per heavy atom. The van der Waals surface area contributed by atoms with Crippen molar-refractivity contribution in [1.29, 1.82) is 0 Å². The first kappa shape index (κ1) is 44.5. The minimum Gasteiger partial charge on any atom is -0.481 e. The fourth-order valence-electron chi connectivity index (χ4n) is 5.40. The smallest absolute Gasteiger partial charge is 0.481 e. The maximum Gasteiger partial charge on any atom is 0.488 e. The van der Waals surface area contributed by atoms with E-state index in [4.69, 9.17) is 5.11 Å². The highest BCUT2D eigenvalue weighted by atomic mass is 32.2. The maximum absolute atomic E-state index is 12.5. The molecule has 0 aliphatic rings. The fourth-order valence-corrected chi connectivity index (χ4v) is 7.90. The molecule has 0 aliphatic heterocycles. The van der Waals surface area contributed by atoms with E-state index >= 15 is 0 Å². The number of amides is 2. The number of carboxylic acid groups (broad SMARTS) is 1. The van der Waals surface area contributed by atoms with Crippen molar-refractivity contribution in [2.24, 2.45) is 5.92 Å². The number of benzene rings is 1. The zero-order valence-electron chi connectivity index (χ0n) is 29.2. The predicted molar refractivity (Wildman–Crippen MR) is 192 cm³/mol. The van der Waals surface area contributed by atoms with E-state index in [0.717, 1.165) is 64.2 Å². The van der Waals surface area contributed by atoms with Crippen LogP contribution in [0.25, 0.3) is 0 Å². The number of nitrogens with one attached hydrogen (secondary N) is 2. The van der Waals surface area contributed by atoms with E-state index in [1.54, 1.807) is 6.92 Å². The van der Waals surface area contributed by atoms with Crippen LogP contribution in [0.1, 0.15) is 135 Å². The van der Waals surface area contributed by atoms with Gasteiger partial charge in [0, 0.05) is 19.4 Å². The fraction of sp³-hybridized carbons (Fsp3) is 0.735. The van der Waals surface area contributed by atoms with Gasteiger partial charge in [-0.25, -0.2) is 16.8 Å². The van der Waals surface area contributed by atoms with Crippen molar-refractivity contribution in [3.8, 4) is 0 Å². The van der Waals surface area contributed by atoms with Gasteiger partial charge in [0.05, 0.1) is 22.3 Å². The first-order valence-corrected chi connectivity index (χ1v) is 21.3. The first-order valence-electron chi connectivity index (χ1n) is 17.9. The molecule has 12 nitrogen and oxygen atoms in total. The Hall–Kier alpha value is -2.49. The molecule has 0 aliphatic carbocycles. The highest BCUT2D eigenvalue weighted by Gasteiger charge is 2.18. The van der Waals surface area contributed by atoms with E-state index in [1.165, 1.54) is 37.1 Å². The van der Waals surface area contributed by atoms with Crippen LogP contribution in [0.15, 0.2) is 29.2 Å². The van der Waals surface area contributed by atoms with Crippen LogP contribution in [0.2, 0.25) is 0 Å². The monoisotopic (exact) mass is 730 g/mol. The normalized spacial score (nSPS) is 12.4. The molecule has 0 saturated heterocycles. The summed E-state index contributed by atoms with van der Waals surface area (Å²) in [7, 11) is -8.91. The van der Waals surface area contributed by atoms with Gasteiger partial charge in [-0.2, -0.15) is 0 Å². The van der Waals surface area contributed by atoms with E-state index in [0.29, 0.717) is 38.6 Å². The number of sulfone groups is 1. The molecule has 0 spiro atoms. The van der Waals surface area contributed by atoms with Gasteiger partial charge in [-0.05, 0) is 49.7 Å². The van der Waals surface area contributed by atoms with Crippen LogP contribution in [-0.4, -0.2) is 74.9 Å². The average molecular weight is 731 g/mol. The molecule has 280 valence electrons. The van der Waals surface area contributed by atoms with Crippen molar-refractivity contribution in [2.75, 3.05) is 18.1 Å². The summed E-state index contributed by atoms with van der Waals surface area (Å²) >= 11 is 0. The molecule has 0 unspecified atom stereocenters. The van der Waals surface area contributed by atoms with Gasteiger partial charge in [0.1, 0.15) is 0 Å². The third-order valence-electron chi connectivity index (χ3n) is 8.48.